The summed E-state index contributed by atoms with van der Waals surface area (Å²) in [6.45, 7) is 9.62. The largest absolute Gasteiger partial charge is 0.241 e. The van der Waals surface area contributed by atoms with Crippen LogP contribution in [-0.2, 0) is 10.0 Å². The van der Waals surface area contributed by atoms with Crippen LogP contribution in [0, 0.1) is 6.92 Å². The third kappa shape index (κ3) is 3.41. The molecule has 0 amide bonds. The first-order chi connectivity index (χ1) is 7.88. The van der Waals surface area contributed by atoms with E-state index in [1.807, 2.05) is 26.0 Å². The Balaban J connectivity index is 3.20. The molecule has 0 bridgehead atoms. The van der Waals surface area contributed by atoms with E-state index in [-0.39, 0.29) is 6.54 Å². The first kappa shape index (κ1) is 13.9. The van der Waals surface area contributed by atoms with Crippen molar-refractivity contribution in [3.63, 3.8) is 0 Å². The van der Waals surface area contributed by atoms with Crippen LogP contribution in [0.15, 0.2) is 35.7 Å². The maximum Gasteiger partial charge on any atom is 0.241 e. The summed E-state index contributed by atoms with van der Waals surface area (Å²) in [5.41, 5.74) is 1.78. The Bertz CT molecular complexity index is 504. The highest BCUT2D eigenvalue weighted by molar-refractivity contribution is 7.89. The highest BCUT2D eigenvalue weighted by atomic mass is 32.2. The molecule has 4 heteroatoms. The summed E-state index contributed by atoms with van der Waals surface area (Å²) < 4.78 is 26.5. The van der Waals surface area contributed by atoms with Crippen molar-refractivity contribution in [1.29, 1.82) is 0 Å². The molecule has 17 heavy (non-hydrogen) atoms. The van der Waals surface area contributed by atoms with Gasteiger partial charge in [-0.1, -0.05) is 32.1 Å². The standard InChI is InChI=1S/C13H19NO2S/c1-5-8-14-17(15,16)13-9-12(10(2)3)7-6-11(13)4/h5-7,9-10,14H,1,8H2,2-4H3. The summed E-state index contributed by atoms with van der Waals surface area (Å²) in [6, 6.07) is 5.55. The molecule has 1 aromatic carbocycles. The normalized spacial score (nSPS) is 11.8. The zero-order valence-corrected chi connectivity index (χ0v) is 11.3. The molecule has 0 heterocycles. The van der Waals surface area contributed by atoms with E-state index in [9.17, 15) is 8.42 Å². The zero-order chi connectivity index (χ0) is 13.1. The molecular formula is C13H19NO2S. The Morgan fingerprint density at radius 1 is 1.41 bits per heavy atom. The van der Waals surface area contributed by atoms with Gasteiger partial charge in [0.15, 0.2) is 0 Å². The van der Waals surface area contributed by atoms with E-state index in [2.05, 4.69) is 11.3 Å². The maximum atomic E-state index is 12.0. The number of rotatable bonds is 5. The van der Waals surface area contributed by atoms with Gasteiger partial charge in [0, 0.05) is 6.54 Å². The predicted octanol–water partition coefficient (Wildman–Crippen LogP) is 2.58. The second-order valence-electron chi connectivity index (χ2n) is 4.32. The Labute approximate surface area is 104 Å². The second-order valence-corrected chi connectivity index (χ2v) is 6.06. The molecule has 3 nitrogen and oxygen atoms in total. The molecule has 0 unspecified atom stereocenters. The quantitative estimate of drug-likeness (QED) is 0.820. The monoisotopic (exact) mass is 253 g/mol. The van der Waals surface area contributed by atoms with E-state index in [0.29, 0.717) is 10.8 Å². The average molecular weight is 253 g/mol. The molecule has 1 N–H and O–H groups in total. The molecule has 0 aliphatic carbocycles. The van der Waals surface area contributed by atoms with Gasteiger partial charge in [0.25, 0.3) is 0 Å². The van der Waals surface area contributed by atoms with Crippen molar-refractivity contribution in [2.24, 2.45) is 0 Å². The Kier molecular flexibility index (Phi) is 4.48. The highest BCUT2D eigenvalue weighted by Crippen LogP contribution is 2.21. The first-order valence-electron chi connectivity index (χ1n) is 5.59. The van der Waals surface area contributed by atoms with Crippen molar-refractivity contribution >= 4 is 10.0 Å². The van der Waals surface area contributed by atoms with E-state index in [0.717, 1.165) is 11.1 Å². The number of benzene rings is 1. The van der Waals surface area contributed by atoms with Gasteiger partial charge in [-0.25, -0.2) is 13.1 Å². The summed E-state index contributed by atoms with van der Waals surface area (Å²) in [7, 11) is -3.43. The third-order valence-corrected chi connectivity index (χ3v) is 4.15. The molecule has 0 aliphatic heterocycles. The fraction of sp³-hybridized carbons (Fsp3) is 0.385. The summed E-state index contributed by atoms with van der Waals surface area (Å²) in [4.78, 5) is 0.352. The smallest absolute Gasteiger partial charge is 0.207 e. The van der Waals surface area contributed by atoms with Crippen molar-refractivity contribution in [1.82, 2.24) is 4.72 Å². The van der Waals surface area contributed by atoms with Crippen LogP contribution in [0.1, 0.15) is 30.9 Å². The zero-order valence-electron chi connectivity index (χ0n) is 10.5. The number of aryl methyl sites for hydroxylation is 1. The lowest BCUT2D eigenvalue weighted by Gasteiger charge is -2.12. The lowest BCUT2D eigenvalue weighted by atomic mass is 10.0. The Morgan fingerprint density at radius 2 is 2.06 bits per heavy atom. The van der Waals surface area contributed by atoms with E-state index in [1.54, 1.807) is 13.0 Å². The summed E-state index contributed by atoms with van der Waals surface area (Å²) in [5, 5.41) is 0. The van der Waals surface area contributed by atoms with Gasteiger partial charge in [-0.05, 0) is 30.0 Å². The number of hydrogen-bond donors (Lipinski definition) is 1. The SMILES string of the molecule is C=CCNS(=O)(=O)c1cc(C(C)C)ccc1C. The van der Waals surface area contributed by atoms with E-state index < -0.39 is 10.0 Å². The lowest BCUT2D eigenvalue weighted by Crippen LogP contribution is -2.24. The molecule has 0 atom stereocenters. The van der Waals surface area contributed by atoms with Crippen molar-refractivity contribution in [3.05, 3.63) is 42.0 Å². The second kappa shape index (κ2) is 5.47. The molecule has 0 saturated heterocycles. The van der Waals surface area contributed by atoms with Crippen LogP contribution < -0.4 is 4.72 Å². The van der Waals surface area contributed by atoms with Gasteiger partial charge in [-0.15, -0.1) is 6.58 Å². The van der Waals surface area contributed by atoms with Gasteiger partial charge in [0.1, 0.15) is 0 Å². The summed E-state index contributed by atoms with van der Waals surface area (Å²) in [6.07, 6.45) is 1.53. The Hall–Kier alpha value is -1.13. The van der Waals surface area contributed by atoms with Crippen molar-refractivity contribution in [3.8, 4) is 0 Å². The molecule has 0 aromatic heterocycles. The molecule has 94 valence electrons. The van der Waals surface area contributed by atoms with Gasteiger partial charge < -0.3 is 0 Å². The van der Waals surface area contributed by atoms with E-state index >= 15 is 0 Å². The number of hydrogen-bond acceptors (Lipinski definition) is 2. The summed E-state index contributed by atoms with van der Waals surface area (Å²) in [5.74, 6) is 0.309. The van der Waals surface area contributed by atoms with Crippen LogP contribution in [-0.4, -0.2) is 15.0 Å². The third-order valence-electron chi connectivity index (χ3n) is 2.59. The van der Waals surface area contributed by atoms with Gasteiger partial charge >= 0.3 is 0 Å². The van der Waals surface area contributed by atoms with Crippen LogP contribution >= 0.6 is 0 Å². The average Bonchev–Trinajstić information content (AvgIpc) is 2.26. The highest BCUT2D eigenvalue weighted by Gasteiger charge is 2.16. The van der Waals surface area contributed by atoms with Crippen LogP contribution in [0.5, 0.6) is 0 Å². The van der Waals surface area contributed by atoms with Crippen LogP contribution in [0.2, 0.25) is 0 Å². The molecular weight excluding hydrogens is 234 g/mol. The number of nitrogens with one attached hydrogen (secondary N) is 1. The van der Waals surface area contributed by atoms with Gasteiger partial charge in [-0.3, -0.25) is 0 Å². The van der Waals surface area contributed by atoms with E-state index in [4.69, 9.17) is 0 Å². The fourth-order valence-electron chi connectivity index (χ4n) is 1.51. The van der Waals surface area contributed by atoms with Crippen molar-refractivity contribution < 1.29 is 8.42 Å². The fourth-order valence-corrected chi connectivity index (χ4v) is 2.79. The summed E-state index contributed by atoms with van der Waals surface area (Å²) >= 11 is 0. The Morgan fingerprint density at radius 3 is 2.59 bits per heavy atom. The van der Waals surface area contributed by atoms with Crippen LogP contribution in [0.3, 0.4) is 0 Å². The van der Waals surface area contributed by atoms with Gasteiger partial charge in [0.2, 0.25) is 10.0 Å². The molecule has 1 rings (SSSR count). The van der Waals surface area contributed by atoms with Gasteiger partial charge in [-0.2, -0.15) is 0 Å². The number of sulfonamides is 1. The molecule has 0 radical (unpaired) electrons. The molecule has 0 aliphatic rings. The predicted molar refractivity (Wildman–Crippen MR) is 70.7 cm³/mol. The molecule has 0 saturated carbocycles. The molecule has 1 aromatic rings. The lowest BCUT2D eigenvalue weighted by molar-refractivity contribution is 0.584. The maximum absolute atomic E-state index is 12.0. The van der Waals surface area contributed by atoms with Crippen LogP contribution in [0.4, 0.5) is 0 Å². The topological polar surface area (TPSA) is 46.2 Å². The van der Waals surface area contributed by atoms with Crippen LogP contribution in [0.25, 0.3) is 0 Å². The minimum absolute atomic E-state index is 0.244. The minimum atomic E-state index is -3.43. The molecule has 0 fully saturated rings. The molecule has 0 spiro atoms. The van der Waals surface area contributed by atoms with Gasteiger partial charge in [0.05, 0.1) is 4.90 Å². The van der Waals surface area contributed by atoms with Crippen molar-refractivity contribution in [2.45, 2.75) is 31.6 Å². The van der Waals surface area contributed by atoms with E-state index in [1.165, 1.54) is 6.08 Å². The first-order valence-corrected chi connectivity index (χ1v) is 7.08. The van der Waals surface area contributed by atoms with Crippen molar-refractivity contribution in [2.75, 3.05) is 6.54 Å². The minimum Gasteiger partial charge on any atom is -0.207 e.